The van der Waals surface area contributed by atoms with E-state index in [4.69, 9.17) is 0 Å². The van der Waals surface area contributed by atoms with E-state index in [-0.39, 0.29) is 22.2 Å². The Hall–Kier alpha value is -2.01. The van der Waals surface area contributed by atoms with E-state index in [0.717, 1.165) is 17.4 Å². The van der Waals surface area contributed by atoms with Crippen LogP contribution in [0.2, 0.25) is 0 Å². The number of aromatic nitrogens is 2. The van der Waals surface area contributed by atoms with Crippen LogP contribution in [-0.4, -0.2) is 39.3 Å². The summed E-state index contributed by atoms with van der Waals surface area (Å²) in [5, 5.41) is 16.3. The lowest BCUT2D eigenvalue weighted by Crippen LogP contribution is -2.32. The van der Waals surface area contributed by atoms with Crippen LogP contribution in [0.15, 0.2) is 35.4 Å². The molecule has 27 heavy (non-hydrogen) atoms. The fourth-order valence-electron chi connectivity index (χ4n) is 2.93. The SMILES string of the molecule is O=c1nc2c(NC3CNCC3O)cn(SCc3cccc(F)c3F)cc-2s1. The third-order valence-electron chi connectivity index (χ3n) is 4.31. The minimum absolute atomic E-state index is 0.202. The first-order chi connectivity index (χ1) is 13.0. The van der Waals surface area contributed by atoms with Crippen LogP contribution < -0.4 is 15.5 Å². The van der Waals surface area contributed by atoms with E-state index < -0.39 is 17.7 Å². The van der Waals surface area contributed by atoms with Crippen molar-refractivity contribution in [2.75, 3.05) is 18.4 Å². The van der Waals surface area contributed by atoms with Gasteiger partial charge in [0.1, 0.15) is 5.69 Å². The number of β-amino-alcohol motifs (C(OH)–C–C–N with tert-alkyl or cyclic N) is 1. The fraction of sp³-hybridized carbons (Fsp3) is 0.294. The van der Waals surface area contributed by atoms with Crippen molar-refractivity contribution in [3.8, 4) is 10.6 Å². The number of benzene rings is 1. The highest BCUT2D eigenvalue weighted by molar-refractivity contribution is 7.97. The van der Waals surface area contributed by atoms with Gasteiger partial charge in [0.25, 0.3) is 0 Å². The molecule has 3 aliphatic rings. The number of fused-ring (bicyclic) bond motifs is 1. The van der Waals surface area contributed by atoms with E-state index in [1.54, 1.807) is 16.4 Å². The van der Waals surface area contributed by atoms with Crippen molar-refractivity contribution < 1.29 is 13.9 Å². The number of rotatable bonds is 5. The highest BCUT2D eigenvalue weighted by atomic mass is 32.2. The lowest BCUT2D eigenvalue weighted by Gasteiger charge is -2.20. The molecule has 1 saturated heterocycles. The van der Waals surface area contributed by atoms with Crippen molar-refractivity contribution >= 4 is 29.0 Å². The summed E-state index contributed by atoms with van der Waals surface area (Å²) < 4.78 is 29.0. The molecule has 4 rings (SSSR count). The number of nitrogens with zero attached hydrogens (tertiary/aromatic N) is 2. The maximum absolute atomic E-state index is 13.9. The summed E-state index contributed by atoms with van der Waals surface area (Å²) in [7, 11) is 0. The van der Waals surface area contributed by atoms with Gasteiger partial charge in [-0.25, -0.2) is 8.78 Å². The number of pyridine rings is 1. The summed E-state index contributed by atoms with van der Waals surface area (Å²) in [6.45, 7) is 1.08. The molecule has 2 unspecified atom stereocenters. The van der Waals surface area contributed by atoms with Crippen molar-refractivity contribution in [2.45, 2.75) is 17.9 Å². The Morgan fingerprint density at radius 1 is 1.37 bits per heavy atom. The predicted molar refractivity (Wildman–Crippen MR) is 102 cm³/mol. The van der Waals surface area contributed by atoms with Gasteiger partial charge in [-0.1, -0.05) is 23.5 Å². The first kappa shape index (κ1) is 18.4. The standard InChI is InChI=1S/C17H16F2N4O2S2/c18-10-3-1-2-9(15(10)19)8-26-23-6-12(21-11-4-20-5-13(11)24)16-14(7-23)27-17(25)22-16/h1-3,6-7,11,13,20-21,24H,4-5,8H2. The molecule has 0 spiro atoms. The Labute approximate surface area is 161 Å². The van der Waals surface area contributed by atoms with Gasteiger partial charge < -0.3 is 15.7 Å². The average Bonchev–Trinajstić information content (AvgIpc) is 3.21. The molecule has 3 heterocycles. The van der Waals surface area contributed by atoms with Crippen LogP contribution in [0.5, 0.6) is 0 Å². The zero-order chi connectivity index (χ0) is 19.0. The Balaban J connectivity index is 1.61. The molecule has 0 bridgehead atoms. The van der Waals surface area contributed by atoms with Gasteiger partial charge in [0.15, 0.2) is 11.6 Å². The summed E-state index contributed by atoms with van der Waals surface area (Å²) in [5.41, 5.74) is 1.41. The van der Waals surface area contributed by atoms with Crippen LogP contribution in [0.25, 0.3) is 10.6 Å². The number of hydrogen-bond acceptors (Lipinski definition) is 7. The molecule has 0 amide bonds. The van der Waals surface area contributed by atoms with Crippen LogP contribution in [-0.2, 0) is 5.75 Å². The van der Waals surface area contributed by atoms with Crippen molar-refractivity contribution in [2.24, 2.45) is 0 Å². The Bertz CT molecular complexity index is 993. The second-order valence-corrected chi connectivity index (χ2v) is 8.15. The molecule has 142 valence electrons. The molecule has 0 aromatic heterocycles. The second-order valence-electron chi connectivity index (χ2n) is 6.19. The van der Waals surface area contributed by atoms with Gasteiger partial charge >= 0.3 is 4.87 Å². The molecule has 2 atom stereocenters. The van der Waals surface area contributed by atoms with Crippen LogP contribution in [0.3, 0.4) is 0 Å². The largest absolute Gasteiger partial charge is 0.390 e. The summed E-state index contributed by atoms with van der Waals surface area (Å²) in [4.78, 5) is 16.1. The summed E-state index contributed by atoms with van der Waals surface area (Å²) in [6.07, 6.45) is 2.94. The van der Waals surface area contributed by atoms with Gasteiger partial charge in [0.2, 0.25) is 0 Å². The average molecular weight is 410 g/mol. The molecule has 0 saturated carbocycles. The topological polar surface area (TPSA) is 79.2 Å². The van der Waals surface area contributed by atoms with E-state index >= 15 is 0 Å². The molecule has 10 heteroatoms. The number of thiazole rings is 1. The summed E-state index contributed by atoms with van der Waals surface area (Å²) in [5.74, 6) is -1.52. The normalized spacial score (nSPS) is 19.7. The number of halogens is 2. The highest BCUT2D eigenvalue weighted by Crippen LogP contribution is 2.33. The highest BCUT2D eigenvalue weighted by Gasteiger charge is 2.27. The Kier molecular flexibility index (Phi) is 5.13. The van der Waals surface area contributed by atoms with Gasteiger partial charge in [-0.05, 0) is 18.0 Å². The van der Waals surface area contributed by atoms with E-state index in [2.05, 4.69) is 15.6 Å². The molecule has 1 aromatic carbocycles. The van der Waals surface area contributed by atoms with Crippen molar-refractivity contribution in [1.82, 2.24) is 14.3 Å². The molecule has 1 aromatic rings. The van der Waals surface area contributed by atoms with Gasteiger partial charge in [-0.2, -0.15) is 4.98 Å². The molecule has 3 aliphatic heterocycles. The summed E-state index contributed by atoms with van der Waals surface area (Å²) in [6, 6.07) is 3.88. The van der Waals surface area contributed by atoms with E-state index in [1.165, 1.54) is 24.1 Å². The molecule has 0 aliphatic carbocycles. The minimum Gasteiger partial charge on any atom is -0.390 e. The fourth-order valence-corrected chi connectivity index (χ4v) is 4.61. The smallest absolute Gasteiger partial charge is 0.327 e. The molecule has 0 radical (unpaired) electrons. The maximum Gasteiger partial charge on any atom is 0.327 e. The third kappa shape index (κ3) is 3.84. The van der Waals surface area contributed by atoms with Crippen molar-refractivity contribution in [1.29, 1.82) is 0 Å². The van der Waals surface area contributed by atoms with Crippen LogP contribution in [0.1, 0.15) is 5.56 Å². The predicted octanol–water partition coefficient (Wildman–Crippen LogP) is 2.13. The lowest BCUT2D eigenvalue weighted by molar-refractivity contribution is 0.185. The van der Waals surface area contributed by atoms with E-state index in [0.29, 0.717) is 29.3 Å². The molecule has 3 N–H and O–H groups in total. The first-order valence-corrected chi connectivity index (χ1v) is 10.0. The van der Waals surface area contributed by atoms with E-state index in [1.807, 2.05) is 0 Å². The van der Waals surface area contributed by atoms with Crippen LogP contribution >= 0.6 is 23.3 Å². The van der Waals surface area contributed by atoms with Gasteiger partial charge in [0, 0.05) is 36.8 Å². The second kappa shape index (κ2) is 7.55. The monoisotopic (exact) mass is 410 g/mol. The van der Waals surface area contributed by atoms with E-state index in [9.17, 15) is 18.7 Å². The zero-order valence-electron chi connectivity index (χ0n) is 14.0. The first-order valence-electron chi connectivity index (χ1n) is 8.25. The Morgan fingerprint density at radius 2 is 2.22 bits per heavy atom. The molecule has 1 fully saturated rings. The Morgan fingerprint density at radius 3 is 3.00 bits per heavy atom. The van der Waals surface area contributed by atoms with Gasteiger partial charge in [0.05, 0.1) is 22.7 Å². The number of nitrogens with one attached hydrogen (secondary N) is 2. The lowest BCUT2D eigenvalue weighted by atomic mass is 10.2. The quantitative estimate of drug-likeness (QED) is 0.598. The number of anilines is 1. The van der Waals surface area contributed by atoms with Crippen LogP contribution in [0, 0.1) is 11.6 Å². The maximum atomic E-state index is 13.9. The molecular weight excluding hydrogens is 394 g/mol. The van der Waals surface area contributed by atoms with Gasteiger partial charge in [-0.15, -0.1) is 0 Å². The number of aliphatic hydroxyl groups excluding tert-OH is 1. The van der Waals surface area contributed by atoms with Crippen molar-refractivity contribution in [3.63, 3.8) is 0 Å². The molecule has 6 nitrogen and oxygen atoms in total. The minimum atomic E-state index is -0.878. The third-order valence-corrected chi connectivity index (χ3v) is 6.05. The number of aliphatic hydroxyl groups is 1. The molecular formula is C17H16F2N4O2S2. The van der Waals surface area contributed by atoms with Crippen LogP contribution in [0.4, 0.5) is 14.5 Å². The number of hydrogen-bond donors (Lipinski definition) is 3. The zero-order valence-corrected chi connectivity index (χ0v) is 15.6. The summed E-state index contributed by atoms with van der Waals surface area (Å²) >= 11 is 2.28. The van der Waals surface area contributed by atoms with Crippen molar-refractivity contribution in [3.05, 3.63) is 57.5 Å². The van der Waals surface area contributed by atoms with Gasteiger partial charge in [-0.3, -0.25) is 8.77 Å².